The average Bonchev–Trinajstić information content (AvgIpc) is 2.98. The number of anilines is 1. The molecule has 23 heavy (non-hydrogen) atoms. The number of amides is 1. The summed E-state index contributed by atoms with van der Waals surface area (Å²) in [5, 5.41) is 15.4. The fourth-order valence-corrected chi connectivity index (χ4v) is 2.98. The fourth-order valence-electron chi connectivity index (χ4n) is 2.98. The van der Waals surface area contributed by atoms with Gasteiger partial charge in [-0.05, 0) is 37.1 Å². The lowest BCUT2D eigenvalue weighted by atomic mass is 10.1. The number of nitrogens with one attached hydrogen (secondary N) is 2. The third-order valence-corrected chi connectivity index (χ3v) is 4.33. The van der Waals surface area contributed by atoms with Crippen LogP contribution >= 0.6 is 0 Å². The average molecular weight is 320 g/mol. The Bertz CT molecular complexity index is 558. The first-order valence-electron chi connectivity index (χ1n) is 8.19. The van der Waals surface area contributed by atoms with Crippen LogP contribution in [0, 0.1) is 6.92 Å². The zero-order valence-electron chi connectivity index (χ0n) is 13.4. The second-order valence-corrected chi connectivity index (χ2v) is 6.25. The van der Waals surface area contributed by atoms with Gasteiger partial charge in [0.25, 0.3) is 0 Å². The van der Waals surface area contributed by atoms with Crippen LogP contribution in [-0.4, -0.2) is 49.0 Å². The highest BCUT2D eigenvalue weighted by atomic mass is 16.5. The summed E-state index contributed by atoms with van der Waals surface area (Å²) in [6.07, 6.45) is 2.03. The first kappa shape index (κ1) is 16.2. The van der Waals surface area contributed by atoms with Gasteiger partial charge in [0.15, 0.2) is 0 Å². The van der Waals surface area contributed by atoms with E-state index in [2.05, 4.69) is 10.6 Å². The summed E-state index contributed by atoms with van der Waals surface area (Å²) in [5.74, 6) is 0.739. The molecule has 0 bridgehead atoms. The summed E-state index contributed by atoms with van der Waals surface area (Å²) >= 11 is 0. The number of carbonyl (C=O) groups excluding carboxylic acids is 1. The normalized spacial score (nSPS) is 25.3. The van der Waals surface area contributed by atoms with E-state index in [0.29, 0.717) is 13.0 Å². The Morgan fingerprint density at radius 2 is 2.17 bits per heavy atom. The van der Waals surface area contributed by atoms with Crippen molar-refractivity contribution in [3.8, 4) is 5.75 Å². The van der Waals surface area contributed by atoms with Gasteiger partial charge in [0, 0.05) is 25.1 Å². The second kappa shape index (κ2) is 7.29. The van der Waals surface area contributed by atoms with Crippen molar-refractivity contribution in [1.29, 1.82) is 0 Å². The maximum absolute atomic E-state index is 12.1. The van der Waals surface area contributed by atoms with Crippen molar-refractivity contribution in [1.82, 2.24) is 5.32 Å². The number of carbonyl (C=O) groups is 1. The molecule has 2 heterocycles. The van der Waals surface area contributed by atoms with E-state index in [1.807, 2.05) is 25.1 Å². The van der Waals surface area contributed by atoms with E-state index in [-0.39, 0.29) is 18.1 Å². The Kier molecular flexibility index (Phi) is 5.15. The first-order valence-corrected chi connectivity index (χ1v) is 8.19. The van der Waals surface area contributed by atoms with Crippen LogP contribution < -0.4 is 15.4 Å². The van der Waals surface area contributed by atoms with Crippen LogP contribution in [-0.2, 0) is 9.53 Å². The predicted octanol–water partition coefficient (Wildman–Crippen LogP) is 1.21. The maximum Gasteiger partial charge on any atom is 0.241 e. The van der Waals surface area contributed by atoms with Gasteiger partial charge >= 0.3 is 0 Å². The molecule has 6 nitrogen and oxygen atoms in total. The van der Waals surface area contributed by atoms with Crippen molar-refractivity contribution in [2.24, 2.45) is 0 Å². The van der Waals surface area contributed by atoms with Gasteiger partial charge in [-0.15, -0.1) is 0 Å². The molecule has 0 saturated carbocycles. The molecule has 1 amide bonds. The Hall–Kier alpha value is -1.63. The molecule has 126 valence electrons. The van der Waals surface area contributed by atoms with Crippen molar-refractivity contribution in [2.45, 2.75) is 44.4 Å². The van der Waals surface area contributed by atoms with Crippen LogP contribution in [0.4, 0.5) is 5.69 Å². The summed E-state index contributed by atoms with van der Waals surface area (Å²) in [6, 6.07) is 5.34. The standard InChI is InChI=1S/C17H24N2O4/c1-11-8-12(19-17(21)15-9-13(20)10-18-15)2-3-16(11)23-14-4-6-22-7-5-14/h2-3,8,13-15,18,20H,4-7,9-10H2,1H3,(H,19,21). The molecule has 1 aromatic rings. The van der Waals surface area contributed by atoms with Crippen LogP contribution in [0.1, 0.15) is 24.8 Å². The Morgan fingerprint density at radius 3 is 2.83 bits per heavy atom. The SMILES string of the molecule is Cc1cc(NC(=O)C2CC(O)CN2)ccc1OC1CCOCC1. The molecule has 0 radical (unpaired) electrons. The van der Waals surface area contributed by atoms with Crippen LogP contribution in [0.3, 0.4) is 0 Å². The minimum atomic E-state index is -0.442. The fraction of sp³-hybridized carbons (Fsp3) is 0.588. The van der Waals surface area contributed by atoms with Gasteiger partial charge in [-0.3, -0.25) is 4.79 Å². The molecule has 0 spiro atoms. The van der Waals surface area contributed by atoms with Gasteiger partial charge < -0.3 is 25.2 Å². The van der Waals surface area contributed by atoms with Crippen LogP contribution in [0.5, 0.6) is 5.75 Å². The second-order valence-electron chi connectivity index (χ2n) is 6.25. The van der Waals surface area contributed by atoms with Gasteiger partial charge in [-0.1, -0.05) is 0 Å². The Balaban J connectivity index is 1.58. The number of hydrogen-bond acceptors (Lipinski definition) is 5. The molecule has 2 saturated heterocycles. The molecule has 0 aliphatic carbocycles. The Labute approximate surface area is 136 Å². The minimum absolute atomic E-state index is 0.112. The zero-order valence-corrected chi connectivity index (χ0v) is 13.4. The first-order chi connectivity index (χ1) is 11.1. The van der Waals surface area contributed by atoms with Crippen LogP contribution in [0.15, 0.2) is 18.2 Å². The third kappa shape index (κ3) is 4.22. The monoisotopic (exact) mass is 320 g/mol. The molecule has 2 fully saturated rings. The molecule has 2 unspecified atom stereocenters. The van der Waals surface area contributed by atoms with Gasteiger partial charge in [0.05, 0.1) is 25.4 Å². The van der Waals surface area contributed by atoms with Crippen molar-refractivity contribution >= 4 is 11.6 Å². The molecule has 2 aliphatic rings. The van der Waals surface area contributed by atoms with E-state index in [0.717, 1.165) is 43.1 Å². The highest BCUT2D eigenvalue weighted by molar-refractivity contribution is 5.95. The topological polar surface area (TPSA) is 79.8 Å². The van der Waals surface area contributed by atoms with Crippen LogP contribution in [0.2, 0.25) is 0 Å². The predicted molar refractivity (Wildman–Crippen MR) is 86.7 cm³/mol. The molecule has 3 rings (SSSR count). The van der Waals surface area contributed by atoms with Crippen molar-refractivity contribution in [3.05, 3.63) is 23.8 Å². The smallest absolute Gasteiger partial charge is 0.241 e. The zero-order chi connectivity index (χ0) is 16.2. The summed E-state index contributed by atoms with van der Waals surface area (Å²) in [5.41, 5.74) is 1.74. The molecule has 2 aliphatic heterocycles. The van der Waals surface area contributed by atoms with Gasteiger partial charge in [0.2, 0.25) is 5.91 Å². The molecule has 3 N–H and O–H groups in total. The van der Waals surface area contributed by atoms with E-state index in [4.69, 9.17) is 9.47 Å². The van der Waals surface area contributed by atoms with Gasteiger partial charge in [-0.2, -0.15) is 0 Å². The molecule has 2 atom stereocenters. The van der Waals surface area contributed by atoms with Crippen LogP contribution in [0.25, 0.3) is 0 Å². The quantitative estimate of drug-likeness (QED) is 0.777. The third-order valence-electron chi connectivity index (χ3n) is 4.33. The summed E-state index contributed by atoms with van der Waals surface area (Å²) in [4.78, 5) is 12.1. The summed E-state index contributed by atoms with van der Waals surface area (Å²) in [7, 11) is 0. The largest absolute Gasteiger partial charge is 0.490 e. The van der Waals surface area contributed by atoms with Crippen molar-refractivity contribution < 1.29 is 19.4 Å². The maximum atomic E-state index is 12.1. The van der Waals surface area contributed by atoms with Crippen molar-refractivity contribution in [3.63, 3.8) is 0 Å². The molecule has 0 aromatic heterocycles. The van der Waals surface area contributed by atoms with Gasteiger partial charge in [0.1, 0.15) is 11.9 Å². The highest BCUT2D eigenvalue weighted by Crippen LogP contribution is 2.25. The Morgan fingerprint density at radius 1 is 1.39 bits per heavy atom. The highest BCUT2D eigenvalue weighted by Gasteiger charge is 2.28. The van der Waals surface area contributed by atoms with E-state index < -0.39 is 6.10 Å². The molecular weight excluding hydrogens is 296 g/mol. The van der Waals surface area contributed by atoms with Crippen molar-refractivity contribution in [2.75, 3.05) is 25.1 Å². The van der Waals surface area contributed by atoms with E-state index in [1.165, 1.54) is 0 Å². The van der Waals surface area contributed by atoms with E-state index in [1.54, 1.807) is 0 Å². The van der Waals surface area contributed by atoms with Gasteiger partial charge in [-0.25, -0.2) is 0 Å². The summed E-state index contributed by atoms with van der Waals surface area (Å²) in [6.45, 7) is 3.94. The number of ether oxygens (including phenoxy) is 2. The summed E-state index contributed by atoms with van der Waals surface area (Å²) < 4.78 is 11.4. The molecule has 1 aromatic carbocycles. The molecular formula is C17H24N2O4. The number of β-amino-alcohol motifs (C(OH)–C–C–N with tert-alkyl or cyclic N) is 1. The van der Waals surface area contributed by atoms with E-state index in [9.17, 15) is 9.90 Å². The minimum Gasteiger partial charge on any atom is -0.490 e. The number of aliphatic hydroxyl groups is 1. The number of aryl methyl sites for hydroxylation is 1. The van der Waals surface area contributed by atoms with E-state index >= 15 is 0 Å². The lowest BCUT2D eigenvalue weighted by Crippen LogP contribution is -2.35. The lowest BCUT2D eigenvalue weighted by molar-refractivity contribution is -0.117. The number of aliphatic hydroxyl groups excluding tert-OH is 1. The number of benzene rings is 1. The number of rotatable bonds is 4. The molecule has 6 heteroatoms. The number of hydrogen-bond donors (Lipinski definition) is 3. The lowest BCUT2D eigenvalue weighted by Gasteiger charge is -2.24.